The first-order valence-electron chi connectivity index (χ1n) is 11.5. The number of rotatable bonds is 10. The number of carbonyl (C=O) groups excluding carboxylic acids is 2. The molecule has 0 heterocycles. The van der Waals surface area contributed by atoms with Crippen LogP contribution in [-0.2, 0) is 9.53 Å². The number of amides is 2. The van der Waals surface area contributed by atoms with Gasteiger partial charge in [0.15, 0.2) is 0 Å². The topological polar surface area (TPSA) is 108 Å². The van der Waals surface area contributed by atoms with Crippen molar-refractivity contribution in [3.05, 3.63) is 0 Å². The van der Waals surface area contributed by atoms with Gasteiger partial charge in [-0.15, -0.1) is 0 Å². The van der Waals surface area contributed by atoms with Crippen LogP contribution in [0.3, 0.4) is 0 Å². The van der Waals surface area contributed by atoms with Gasteiger partial charge in [-0.2, -0.15) is 0 Å². The summed E-state index contributed by atoms with van der Waals surface area (Å²) in [6, 6.07) is -0.585. The van der Waals surface area contributed by atoms with Crippen LogP contribution in [0.4, 0.5) is 4.79 Å². The summed E-state index contributed by atoms with van der Waals surface area (Å²) in [7, 11) is 0. The summed E-state index contributed by atoms with van der Waals surface area (Å²) in [5.74, 6) is 0.341. The molecule has 7 heteroatoms. The lowest BCUT2D eigenvalue weighted by atomic mass is 9.82. The van der Waals surface area contributed by atoms with E-state index in [0.29, 0.717) is 24.8 Å². The summed E-state index contributed by atoms with van der Waals surface area (Å²) in [6.07, 6.45) is 5.24. The Balaban J connectivity index is 2.76. The van der Waals surface area contributed by atoms with E-state index in [2.05, 4.69) is 24.5 Å². The van der Waals surface area contributed by atoms with Gasteiger partial charge in [-0.3, -0.25) is 4.79 Å². The van der Waals surface area contributed by atoms with E-state index in [9.17, 15) is 19.8 Å². The van der Waals surface area contributed by atoms with Crippen LogP contribution in [0.2, 0.25) is 0 Å². The standard InChI is InChI=1S/C23H44N2O5/c1-16(2)12-13-24-20(27)23(6,29)15-19(26)18(14-17-10-8-7-9-11-17)25-21(28)30-22(3,4)5/h16-19,26,29H,7-15H2,1-6H3,(H,24,27)(H,25,28)/t18-,19-,23-/m0/s1. The Kier molecular flexibility index (Phi) is 10.6. The number of aliphatic hydroxyl groups excluding tert-OH is 1. The highest BCUT2D eigenvalue weighted by molar-refractivity contribution is 5.84. The Bertz CT molecular complexity index is 536. The number of alkyl carbamates (subject to hydrolysis) is 1. The van der Waals surface area contributed by atoms with E-state index >= 15 is 0 Å². The molecular weight excluding hydrogens is 384 g/mol. The first-order chi connectivity index (χ1) is 13.8. The summed E-state index contributed by atoms with van der Waals surface area (Å²) < 4.78 is 5.36. The van der Waals surface area contributed by atoms with Crippen LogP contribution in [0.25, 0.3) is 0 Å². The van der Waals surface area contributed by atoms with Gasteiger partial charge in [-0.05, 0) is 52.4 Å². The molecule has 176 valence electrons. The van der Waals surface area contributed by atoms with Crippen molar-refractivity contribution in [2.45, 2.75) is 116 Å². The van der Waals surface area contributed by atoms with Crippen LogP contribution in [0.5, 0.6) is 0 Å². The zero-order valence-corrected chi connectivity index (χ0v) is 19.8. The van der Waals surface area contributed by atoms with E-state index in [1.54, 1.807) is 20.8 Å². The van der Waals surface area contributed by atoms with E-state index in [1.165, 1.54) is 13.3 Å². The Morgan fingerprint density at radius 2 is 1.70 bits per heavy atom. The molecule has 4 N–H and O–H groups in total. The SMILES string of the molecule is CC(C)CCNC(=O)[C@@](C)(O)C[C@H](O)[C@H](CC1CCCCC1)NC(=O)OC(C)(C)C. The maximum atomic E-state index is 12.4. The fourth-order valence-electron chi connectivity index (χ4n) is 3.86. The number of hydrogen-bond donors (Lipinski definition) is 4. The molecule has 0 bridgehead atoms. The van der Waals surface area contributed by atoms with E-state index in [-0.39, 0.29) is 6.42 Å². The Morgan fingerprint density at radius 1 is 1.10 bits per heavy atom. The van der Waals surface area contributed by atoms with Crippen molar-refractivity contribution in [3.63, 3.8) is 0 Å². The minimum absolute atomic E-state index is 0.159. The summed E-state index contributed by atoms with van der Waals surface area (Å²) in [5.41, 5.74) is -2.37. The van der Waals surface area contributed by atoms with E-state index < -0.39 is 35.3 Å². The molecule has 0 spiro atoms. The molecule has 1 aliphatic carbocycles. The third-order valence-corrected chi connectivity index (χ3v) is 5.58. The molecule has 1 fully saturated rings. The second kappa shape index (κ2) is 11.9. The summed E-state index contributed by atoms with van der Waals surface area (Å²) in [6.45, 7) is 11.4. The number of aliphatic hydroxyl groups is 2. The van der Waals surface area contributed by atoms with Gasteiger partial charge in [0.2, 0.25) is 0 Å². The Morgan fingerprint density at radius 3 is 2.23 bits per heavy atom. The van der Waals surface area contributed by atoms with Crippen molar-refractivity contribution >= 4 is 12.0 Å². The molecule has 0 radical (unpaired) electrons. The van der Waals surface area contributed by atoms with Gasteiger partial charge in [0.25, 0.3) is 5.91 Å². The molecule has 1 aliphatic rings. The van der Waals surface area contributed by atoms with Crippen LogP contribution >= 0.6 is 0 Å². The molecule has 0 aromatic carbocycles. The van der Waals surface area contributed by atoms with E-state index in [0.717, 1.165) is 32.1 Å². The maximum absolute atomic E-state index is 12.4. The fraction of sp³-hybridized carbons (Fsp3) is 0.913. The Hall–Kier alpha value is -1.34. The molecule has 0 aromatic heterocycles. The molecule has 2 amide bonds. The highest BCUT2D eigenvalue weighted by atomic mass is 16.6. The highest BCUT2D eigenvalue weighted by Crippen LogP contribution is 2.29. The highest BCUT2D eigenvalue weighted by Gasteiger charge is 2.37. The normalized spacial score (nSPS) is 19.6. The third kappa shape index (κ3) is 10.6. The zero-order chi connectivity index (χ0) is 22.9. The predicted octanol–water partition coefficient (Wildman–Crippen LogP) is 3.51. The van der Waals surface area contributed by atoms with Gasteiger partial charge in [-0.1, -0.05) is 46.0 Å². The van der Waals surface area contributed by atoms with Crippen molar-refractivity contribution in [2.24, 2.45) is 11.8 Å². The van der Waals surface area contributed by atoms with Crippen LogP contribution in [0, 0.1) is 11.8 Å². The molecule has 0 unspecified atom stereocenters. The van der Waals surface area contributed by atoms with Crippen LogP contribution in [-0.4, -0.2) is 52.1 Å². The smallest absolute Gasteiger partial charge is 0.407 e. The number of carbonyl (C=O) groups is 2. The van der Waals surface area contributed by atoms with Crippen molar-refractivity contribution in [1.29, 1.82) is 0 Å². The lowest BCUT2D eigenvalue weighted by Crippen LogP contribution is -2.52. The van der Waals surface area contributed by atoms with Gasteiger partial charge >= 0.3 is 6.09 Å². The molecule has 30 heavy (non-hydrogen) atoms. The van der Waals surface area contributed by atoms with Crippen molar-refractivity contribution in [2.75, 3.05) is 6.54 Å². The molecular formula is C23H44N2O5. The molecule has 0 aliphatic heterocycles. The van der Waals surface area contributed by atoms with Crippen molar-refractivity contribution < 1.29 is 24.5 Å². The number of ether oxygens (including phenoxy) is 1. The van der Waals surface area contributed by atoms with Gasteiger partial charge in [0, 0.05) is 13.0 Å². The van der Waals surface area contributed by atoms with Gasteiger partial charge < -0.3 is 25.6 Å². The zero-order valence-electron chi connectivity index (χ0n) is 19.8. The molecule has 3 atom stereocenters. The average Bonchev–Trinajstić information content (AvgIpc) is 2.59. The molecule has 0 saturated heterocycles. The fourth-order valence-corrected chi connectivity index (χ4v) is 3.86. The van der Waals surface area contributed by atoms with E-state index in [1.807, 2.05) is 0 Å². The minimum Gasteiger partial charge on any atom is -0.444 e. The lowest BCUT2D eigenvalue weighted by molar-refractivity contribution is -0.141. The first-order valence-corrected chi connectivity index (χ1v) is 11.5. The van der Waals surface area contributed by atoms with Crippen molar-refractivity contribution in [1.82, 2.24) is 10.6 Å². The molecule has 1 rings (SSSR count). The van der Waals surface area contributed by atoms with Gasteiger partial charge in [0.05, 0.1) is 12.1 Å². The van der Waals surface area contributed by atoms with Crippen LogP contribution in [0.1, 0.15) is 92.9 Å². The average molecular weight is 429 g/mol. The number of hydrogen-bond acceptors (Lipinski definition) is 5. The molecule has 7 nitrogen and oxygen atoms in total. The lowest BCUT2D eigenvalue weighted by Gasteiger charge is -2.33. The Labute approximate surface area is 182 Å². The summed E-state index contributed by atoms with van der Waals surface area (Å²) in [4.78, 5) is 24.8. The summed E-state index contributed by atoms with van der Waals surface area (Å²) in [5, 5.41) is 27.1. The minimum atomic E-state index is -1.73. The second-order valence-electron chi connectivity index (χ2n) is 10.5. The monoisotopic (exact) mass is 428 g/mol. The van der Waals surface area contributed by atoms with Gasteiger partial charge in [0.1, 0.15) is 11.2 Å². The molecule has 0 aromatic rings. The predicted molar refractivity (Wildman–Crippen MR) is 118 cm³/mol. The quantitative estimate of drug-likeness (QED) is 0.426. The number of nitrogens with one attached hydrogen (secondary N) is 2. The van der Waals surface area contributed by atoms with Crippen LogP contribution in [0.15, 0.2) is 0 Å². The van der Waals surface area contributed by atoms with E-state index in [4.69, 9.17) is 4.74 Å². The maximum Gasteiger partial charge on any atom is 0.407 e. The van der Waals surface area contributed by atoms with Crippen molar-refractivity contribution in [3.8, 4) is 0 Å². The molecule has 1 saturated carbocycles. The first kappa shape index (κ1) is 26.7. The second-order valence-corrected chi connectivity index (χ2v) is 10.5. The van der Waals surface area contributed by atoms with Crippen LogP contribution < -0.4 is 10.6 Å². The summed E-state index contributed by atoms with van der Waals surface area (Å²) >= 11 is 0. The third-order valence-electron chi connectivity index (χ3n) is 5.58. The van der Waals surface area contributed by atoms with Gasteiger partial charge in [-0.25, -0.2) is 4.79 Å². The largest absolute Gasteiger partial charge is 0.444 e.